The highest BCUT2D eigenvalue weighted by Crippen LogP contribution is 2.34. The van der Waals surface area contributed by atoms with Crippen LogP contribution < -0.4 is 19.3 Å². The van der Waals surface area contributed by atoms with Crippen molar-refractivity contribution in [3.63, 3.8) is 0 Å². The van der Waals surface area contributed by atoms with Gasteiger partial charge in [-0.15, -0.1) is 0 Å². The molecule has 27 heavy (non-hydrogen) atoms. The molecule has 3 heterocycles. The molecular weight excluding hydrogens is 344 g/mol. The van der Waals surface area contributed by atoms with Crippen molar-refractivity contribution in [3.05, 3.63) is 48.0 Å². The van der Waals surface area contributed by atoms with Gasteiger partial charge in [0.25, 0.3) is 5.91 Å². The number of hydrogen-bond donors (Lipinski definition) is 0. The highest BCUT2D eigenvalue weighted by molar-refractivity contribution is 6.08. The Bertz CT molecular complexity index is 1050. The Labute approximate surface area is 156 Å². The molecule has 0 fully saturated rings. The first-order chi connectivity index (χ1) is 13.2. The summed E-state index contributed by atoms with van der Waals surface area (Å²) in [6, 6.07) is 13.0. The van der Waals surface area contributed by atoms with Crippen molar-refractivity contribution in [1.29, 1.82) is 0 Å². The molecule has 0 saturated carbocycles. The number of carbonyl (C=O) groups is 1. The molecule has 3 aromatic rings. The minimum atomic E-state index is -0.120. The SMILES string of the molecule is CN1CCN(C(=O)c2ccc3c(c2)OCCO3)c2nc3ccccc3nc21. The van der Waals surface area contributed by atoms with Gasteiger partial charge in [0, 0.05) is 25.7 Å². The highest BCUT2D eigenvalue weighted by Gasteiger charge is 2.30. The summed E-state index contributed by atoms with van der Waals surface area (Å²) in [7, 11) is 1.97. The van der Waals surface area contributed by atoms with E-state index < -0.39 is 0 Å². The van der Waals surface area contributed by atoms with Crippen LogP contribution in [0.4, 0.5) is 11.6 Å². The summed E-state index contributed by atoms with van der Waals surface area (Å²) < 4.78 is 11.2. The number of anilines is 2. The molecule has 0 radical (unpaired) electrons. The molecule has 2 aromatic carbocycles. The molecule has 2 aliphatic rings. The minimum absolute atomic E-state index is 0.120. The van der Waals surface area contributed by atoms with E-state index in [1.165, 1.54) is 0 Å². The number of likely N-dealkylation sites (N-methyl/N-ethyl adjacent to an activating group) is 1. The third kappa shape index (κ3) is 2.63. The van der Waals surface area contributed by atoms with E-state index in [9.17, 15) is 4.79 Å². The molecule has 2 aliphatic heterocycles. The molecule has 7 heteroatoms. The van der Waals surface area contributed by atoms with Crippen LogP contribution in [0.1, 0.15) is 10.4 Å². The van der Waals surface area contributed by atoms with Crippen LogP contribution in [0.3, 0.4) is 0 Å². The van der Waals surface area contributed by atoms with Crippen molar-refractivity contribution in [2.75, 3.05) is 43.2 Å². The molecule has 0 bridgehead atoms. The Morgan fingerprint density at radius 3 is 2.41 bits per heavy atom. The van der Waals surface area contributed by atoms with Crippen LogP contribution in [0.15, 0.2) is 42.5 Å². The summed E-state index contributed by atoms with van der Waals surface area (Å²) in [5.41, 5.74) is 2.13. The van der Waals surface area contributed by atoms with Gasteiger partial charge < -0.3 is 14.4 Å². The molecule has 0 atom stereocenters. The van der Waals surface area contributed by atoms with Crippen molar-refractivity contribution in [2.45, 2.75) is 0 Å². The number of rotatable bonds is 1. The van der Waals surface area contributed by atoms with E-state index in [1.54, 1.807) is 23.1 Å². The predicted molar refractivity (Wildman–Crippen MR) is 102 cm³/mol. The van der Waals surface area contributed by atoms with Gasteiger partial charge in [0.2, 0.25) is 0 Å². The summed E-state index contributed by atoms with van der Waals surface area (Å²) in [4.78, 5) is 26.4. The fourth-order valence-corrected chi connectivity index (χ4v) is 3.41. The normalized spacial score (nSPS) is 15.6. The van der Waals surface area contributed by atoms with Crippen LogP contribution in [0.2, 0.25) is 0 Å². The van der Waals surface area contributed by atoms with Crippen molar-refractivity contribution in [2.24, 2.45) is 0 Å². The number of carbonyl (C=O) groups excluding carboxylic acids is 1. The molecule has 0 spiro atoms. The summed E-state index contributed by atoms with van der Waals surface area (Å²) in [6.07, 6.45) is 0. The topological polar surface area (TPSA) is 67.8 Å². The van der Waals surface area contributed by atoms with E-state index in [0.29, 0.717) is 55.0 Å². The van der Waals surface area contributed by atoms with Crippen molar-refractivity contribution < 1.29 is 14.3 Å². The molecule has 0 unspecified atom stereocenters. The first kappa shape index (κ1) is 15.9. The largest absolute Gasteiger partial charge is 0.486 e. The molecule has 0 saturated heterocycles. The van der Waals surface area contributed by atoms with Crippen LogP contribution in [-0.4, -0.2) is 49.2 Å². The fourth-order valence-electron chi connectivity index (χ4n) is 3.41. The number of hydrogen-bond acceptors (Lipinski definition) is 6. The van der Waals surface area contributed by atoms with Gasteiger partial charge in [-0.05, 0) is 30.3 Å². The standard InChI is InChI=1S/C20H18N4O3/c1-23-8-9-24(19-18(23)21-14-4-2-3-5-15(14)22-19)20(25)13-6-7-16-17(12-13)27-11-10-26-16/h2-7,12H,8-11H2,1H3. The van der Waals surface area contributed by atoms with Gasteiger partial charge >= 0.3 is 0 Å². The molecule has 136 valence electrons. The van der Waals surface area contributed by atoms with E-state index in [1.807, 2.05) is 36.2 Å². The summed E-state index contributed by atoms with van der Waals surface area (Å²) >= 11 is 0. The molecule has 7 nitrogen and oxygen atoms in total. The van der Waals surface area contributed by atoms with E-state index in [-0.39, 0.29) is 5.91 Å². The van der Waals surface area contributed by atoms with Gasteiger partial charge in [-0.3, -0.25) is 9.69 Å². The maximum atomic E-state index is 13.2. The van der Waals surface area contributed by atoms with Crippen LogP contribution in [-0.2, 0) is 0 Å². The zero-order valence-electron chi connectivity index (χ0n) is 14.9. The van der Waals surface area contributed by atoms with E-state index in [0.717, 1.165) is 11.0 Å². The Kier molecular flexibility index (Phi) is 3.60. The van der Waals surface area contributed by atoms with E-state index in [4.69, 9.17) is 19.4 Å². The Balaban J connectivity index is 1.57. The van der Waals surface area contributed by atoms with Gasteiger partial charge in [0.05, 0.1) is 11.0 Å². The Morgan fingerprint density at radius 2 is 1.63 bits per heavy atom. The van der Waals surface area contributed by atoms with E-state index >= 15 is 0 Å². The van der Waals surface area contributed by atoms with Crippen molar-refractivity contribution in [3.8, 4) is 11.5 Å². The van der Waals surface area contributed by atoms with Gasteiger partial charge in [-0.1, -0.05) is 12.1 Å². The monoisotopic (exact) mass is 362 g/mol. The number of fused-ring (bicyclic) bond motifs is 3. The lowest BCUT2D eigenvalue weighted by Gasteiger charge is -2.34. The number of para-hydroxylation sites is 2. The Hall–Kier alpha value is -3.35. The smallest absolute Gasteiger partial charge is 0.259 e. The number of amides is 1. The predicted octanol–water partition coefficient (Wildman–Crippen LogP) is 2.50. The molecule has 1 aromatic heterocycles. The fraction of sp³-hybridized carbons (Fsp3) is 0.250. The van der Waals surface area contributed by atoms with Crippen molar-refractivity contribution in [1.82, 2.24) is 9.97 Å². The first-order valence-corrected chi connectivity index (χ1v) is 8.90. The number of ether oxygens (including phenoxy) is 2. The molecule has 1 amide bonds. The average molecular weight is 362 g/mol. The lowest BCUT2D eigenvalue weighted by Crippen LogP contribution is -2.43. The second-order valence-corrected chi connectivity index (χ2v) is 6.60. The zero-order valence-corrected chi connectivity index (χ0v) is 14.9. The third-order valence-corrected chi connectivity index (χ3v) is 4.84. The lowest BCUT2D eigenvalue weighted by atomic mass is 10.1. The molecule has 5 rings (SSSR count). The van der Waals surface area contributed by atoms with Crippen LogP contribution in [0.25, 0.3) is 11.0 Å². The van der Waals surface area contributed by atoms with Gasteiger partial charge in [0.15, 0.2) is 23.1 Å². The highest BCUT2D eigenvalue weighted by atomic mass is 16.6. The Morgan fingerprint density at radius 1 is 0.926 bits per heavy atom. The summed E-state index contributed by atoms with van der Waals surface area (Å²) in [6.45, 7) is 2.24. The second-order valence-electron chi connectivity index (χ2n) is 6.60. The second kappa shape index (κ2) is 6.12. The number of aromatic nitrogens is 2. The summed E-state index contributed by atoms with van der Waals surface area (Å²) in [5, 5.41) is 0. The third-order valence-electron chi connectivity index (χ3n) is 4.84. The first-order valence-electron chi connectivity index (χ1n) is 8.90. The van der Waals surface area contributed by atoms with Gasteiger partial charge in [0.1, 0.15) is 13.2 Å². The van der Waals surface area contributed by atoms with Gasteiger partial charge in [-0.25, -0.2) is 9.97 Å². The number of benzene rings is 2. The van der Waals surface area contributed by atoms with Crippen LogP contribution >= 0.6 is 0 Å². The molecular formula is C20H18N4O3. The van der Waals surface area contributed by atoms with Gasteiger partial charge in [-0.2, -0.15) is 0 Å². The van der Waals surface area contributed by atoms with Crippen LogP contribution in [0.5, 0.6) is 11.5 Å². The number of nitrogens with zero attached hydrogens (tertiary/aromatic N) is 4. The molecule has 0 N–H and O–H groups in total. The average Bonchev–Trinajstić information content (AvgIpc) is 2.72. The van der Waals surface area contributed by atoms with Crippen molar-refractivity contribution >= 4 is 28.6 Å². The minimum Gasteiger partial charge on any atom is -0.486 e. The zero-order chi connectivity index (χ0) is 18.4. The summed E-state index contributed by atoms with van der Waals surface area (Å²) in [5.74, 6) is 2.45. The van der Waals surface area contributed by atoms with E-state index in [2.05, 4.69) is 0 Å². The lowest BCUT2D eigenvalue weighted by molar-refractivity contribution is 0.0984. The maximum Gasteiger partial charge on any atom is 0.259 e. The van der Waals surface area contributed by atoms with Crippen LogP contribution in [0, 0.1) is 0 Å². The quantitative estimate of drug-likeness (QED) is 0.663. The maximum absolute atomic E-state index is 13.2. The molecule has 0 aliphatic carbocycles.